The third-order valence-corrected chi connectivity index (χ3v) is 3.82. The summed E-state index contributed by atoms with van der Waals surface area (Å²) in [5, 5.41) is 11.1. The van der Waals surface area contributed by atoms with Crippen LogP contribution in [0.2, 0.25) is 0 Å². The van der Waals surface area contributed by atoms with E-state index in [1.807, 2.05) is 19.9 Å². The van der Waals surface area contributed by atoms with Gasteiger partial charge in [-0.05, 0) is 32.0 Å². The van der Waals surface area contributed by atoms with Crippen molar-refractivity contribution in [3.05, 3.63) is 63.7 Å². The number of hydrogen-bond donors (Lipinski definition) is 0. The fourth-order valence-electron chi connectivity index (χ4n) is 2.50. The van der Waals surface area contributed by atoms with Crippen molar-refractivity contribution in [1.29, 1.82) is 0 Å². The van der Waals surface area contributed by atoms with Gasteiger partial charge in [0.05, 0.1) is 16.1 Å². The van der Waals surface area contributed by atoms with Crippen LogP contribution < -0.4 is 9.64 Å². The van der Waals surface area contributed by atoms with Gasteiger partial charge in [0.1, 0.15) is 12.4 Å². The molecule has 0 aliphatic rings. The number of hydrogen-bond acceptors (Lipinski definition) is 5. The van der Waals surface area contributed by atoms with Gasteiger partial charge in [-0.2, -0.15) is 0 Å². The summed E-state index contributed by atoms with van der Waals surface area (Å²) in [4.78, 5) is 24.0. The van der Waals surface area contributed by atoms with E-state index in [1.54, 1.807) is 30.3 Å². The minimum Gasteiger partial charge on any atom is -0.488 e. The van der Waals surface area contributed by atoms with E-state index in [9.17, 15) is 14.9 Å². The molecule has 126 valence electrons. The van der Waals surface area contributed by atoms with Crippen LogP contribution in [0.15, 0.2) is 42.5 Å². The highest BCUT2D eigenvalue weighted by Gasteiger charge is 2.14. The number of anilines is 1. The van der Waals surface area contributed by atoms with Gasteiger partial charge in [-0.25, -0.2) is 0 Å². The molecular weight excluding hydrogens is 308 g/mol. The van der Waals surface area contributed by atoms with E-state index in [0.717, 1.165) is 25.1 Å². The highest BCUT2D eigenvalue weighted by Crippen LogP contribution is 2.27. The van der Waals surface area contributed by atoms with Gasteiger partial charge in [0, 0.05) is 30.9 Å². The van der Waals surface area contributed by atoms with E-state index >= 15 is 0 Å². The monoisotopic (exact) mass is 328 g/mol. The lowest BCUT2D eigenvalue weighted by Gasteiger charge is -2.22. The van der Waals surface area contributed by atoms with Crippen LogP contribution in [0.3, 0.4) is 0 Å². The number of nitro benzene ring substituents is 1. The smallest absolute Gasteiger partial charge is 0.276 e. The minimum atomic E-state index is -0.439. The Balaban J connectivity index is 2.27. The standard InChI is InChI=1S/C18H20N2O4/c1-3-19(4-2)16-10-9-14(12-21)18(11-16)24-13-15-7-5-6-8-17(15)20(22)23/h5-12H,3-4,13H2,1-2H3. The second-order valence-electron chi connectivity index (χ2n) is 5.19. The molecule has 0 saturated heterocycles. The Labute approximate surface area is 140 Å². The summed E-state index contributed by atoms with van der Waals surface area (Å²) < 4.78 is 5.72. The Kier molecular flexibility index (Phi) is 5.89. The molecule has 0 heterocycles. The number of rotatable bonds is 8. The van der Waals surface area contributed by atoms with Crippen LogP contribution in [0.5, 0.6) is 5.75 Å². The molecule has 6 heteroatoms. The number of nitro groups is 1. The molecule has 0 spiro atoms. The molecule has 0 unspecified atom stereocenters. The van der Waals surface area contributed by atoms with Crippen LogP contribution >= 0.6 is 0 Å². The van der Waals surface area contributed by atoms with Crippen molar-refractivity contribution in [3.63, 3.8) is 0 Å². The SMILES string of the molecule is CCN(CC)c1ccc(C=O)c(OCc2ccccc2[N+](=O)[O-])c1. The zero-order chi connectivity index (χ0) is 17.5. The van der Waals surface area contributed by atoms with Crippen LogP contribution in [0.1, 0.15) is 29.8 Å². The van der Waals surface area contributed by atoms with Crippen LogP contribution in [0.4, 0.5) is 11.4 Å². The van der Waals surface area contributed by atoms with Gasteiger partial charge in [-0.3, -0.25) is 14.9 Å². The minimum absolute atomic E-state index is 0.00468. The van der Waals surface area contributed by atoms with Crippen LogP contribution in [0.25, 0.3) is 0 Å². The van der Waals surface area contributed by atoms with Gasteiger partial charge < -0.3 is 9.64 Å². The predicted octanol–water partition coefficient (Wildman–Crippen LogP) is 3.83. The number of carbonyl (C=O) groups excluding carboxylic acids is 1. The average molecular weight is 328 g/mol. The molecule has 0 aromatic heterocycles. The predicted molar refractivity (Wildman–Crippen MR) is 92.8 cm³/mol. The molecule has 0 amide bonds. The lowest BCUT2D eigenvalue weighted by molar-refractivity contribution is -0.385. The Morgan fingerprint density at radius 3 is 2.50 bits per heavy atom. The second kappa shape index (κ2) is 8.10. The van der Waals surface area contributed by atoms with Gasteiger partial charge in [-0.1, -0.05) is 12.1 Å². The average Bonchev–Trinajstić information content (AvgIpc) is 2.61. The molecule has 0 N–H and O–H groups in total. The molecular formula is C18H20N2O4. The van der Waals surface area contributed by atoms with Crippen molar-refractivity contribution in [2.75, 3.05) is 18.0 Å². The fourth-order valence-corrected chi connectivity index (χ4v) is 2.50. The maximum Gasteiger partial charge on any atom is 0.276 e. The van der Waals surface area contributed by atoms with Gasteiger partial charge in [-0.15, -0.1) is 0 Å². The lowest BCUT2D eigenvalue weighted by Crippen LogP contribution is -2.21. The van der Waals surface area contributed by atoms with E-state index in [0.29, 0.717) is 16.9 Å². The van der Waals surface area contributed by atoms with Gasteiger partial charge >= 0.3 is 0 Å². The first-order valence-electron chi connectivity index (χ1n) is 7.80. The third-order valence-electron chi connectivity index (χ3n) is 3.82. The van der Waals surface area contributed by atoms with Gasteiger partial charge in [0.2, 0.25) is 0 Å². The van der Waals surface area contributed by atoms with Crippen molar-refractivity contribution in [2.24, 2.45) is 0 Å². The topological polar surface area (TPSA) is 72.7 Å². The van der Waals surface area contributed by atoms with Crippen molar-refractivity contribution in [2.45, 2.75) is 20.5 Å². The molecule has 2 aromatic rings. The quantitative estimate of drug-likeness (QED) is 0.418. The maximum absolute atomic E-state index is 11.2. The van der Waals surface area contributed by atoms with Crippen LogP contribution in [-0.4, -0.2) is 24.3 Å². The van der Waals surface area contributed by atoms with Gasteiger partial charge in [0.25, 0.3) is 5.69 Å². The summed E-state index contributed by atoms with van der Waals surface area (Å²) in [6, 6.07) is 11.8. The van der Waals surface area contributed by atoms with E-state index in [1.165, 1.54) is 6.07 Å². The van der Waals surface area contributed by atoms with E-state index < -0.39 is 4.92 Å². The largest absolute Gasteiger partial charge is 0.488 e. The molecule has 6 nitrogen and oxygen atoms in total. The highest BCUT2D eigenvalue weighted by atomic mass is 16.6. The number of ether oxygens (including phenoxy) is 1. The summed E-state index contributed by atoms with van der Waals surface area (Å²) in [5.41, 5.74) is 1.84. The number of carbonyl (C=O) groups is 1. The van der Waals surface area contributed by atoms with Crippen molar-refractivity contribution in [3.8, 4) is 5.75 Å². The molecule has 2 rings (SSSR count). The first kappa shape index (κ1) is 17.5. The van der Waals surface area contributed by atoms with Crippen molar-refractivity contribution < 1.29 is 14.5 Å². The van der Waals surface area contributed by atoms with Gasteiger partial charge in [0.15, 0.2) is 6.29 Å². The lowest BCUT2D eigenvalue weighted by atomic mass is 10.1. The molecule has 0 aliphatic heterocycles. The van der Waals surface area contributed by atoms with Crippen LogP contribution in [-0.2, 0) is 6.61 Å². The second-order valence-corrected chi connectivity index (χ2v) is 5.19. The highest BCUT2D eigenvalue weighted by molar-refractivity contribution is 5.80. The number of nitrogens with zero attached hydrogens (tertiary/aromatic N) is 2. The normalized spacial score (nSPS) is 10.2. The first-order valence-corrected chi connectivity index (χ1v) is 7.80. The zero-order valence-corrected chi connectivity index (χ0v) is 13.8. The van der Waals surface area contributed by atoms with Crippen molar-refractivity contribution >= 4 is 17.7 Å². The molecule has 0 fully saturated rings. The van der Waals surface area contributed by atoms with E-state index in [-0.39, 0.29) is 12.3 Å². The number of para-hydroxylation sites is 1. The molecule has 0 bridgehead atoms. The molecule has 0 atom stereocenters. The summed E-state index contributed by atoms with van der Waals surface area (Å²) in [6.45, 7) is 5.79. The Hall–Kier alpha value is -2.89. The fraction of sp³-hybridized carbons (Fsp3) is 0.278. The summed E-state index contributed by atoms with van der Waals surface area (Å²) in [7, 11) is 0. The van der Waals surface area contributed by atoms with E-state index in [2.05, 4.69) is 4.90 Å². The molecule has 2 aromatic carbocycles. The molecule has 0 radical (unpaired) electrons. The van der Waals surface area contributed by atoms with E-state index in [4.69, 9.17) is 4.74 Å². The summed E-state index contributed by atoms with van der Waals surface area (Å²) >= 11 is 0. The van der Waals surface area contributed by atoms with Crippen molar-refractivity contribution in [1.82, 2.24) is 0 Å². The van der Waals surface area contributed by atoms with Crippen LogP contribution in [0, 0.1) is 10.1 Å². The molecule has 24 heavy (non-hydrogen) atoms. The number of benzene rings is 2. The molecule has 0 aliphatic carbocycles. The first-order chi connectivity index (χ1) is 11.6. The zero-order valence-electron chi connectivity index (χ0n) is 13.8. The summed E-state index contributed by atoms with van der Waals surface area (Å²) in [5.74, 6) is 0.424. The maximum atomic E-state index is 11.2. The molecule has 0 saturated carbocycles. The Morgan fingerprint density at radius 1 is 1.17 bits per heavy atom. The Bertz CT molecular complexity index is 727. The number of aldehydes is 1. The Morgan fingerprint density at radius 2 is 1.88 bits per heavy atom. The summed E-state index contributed by atoms with van der Waals surface area (Å²) in [6.07, 6.45) is 0.723. The third kappa shape index (κ3) is 3.90.